The van der Waals surface area contributed by atoms with Gasteiger partial charge in [0.1, 0.15) is 0 Å². The minimum Gasteiger partial charge on any atom is -0.481 e. The maximum atomic E-state index is 12.2. The molecule has 0 aliphatic heterocycles. The van der Waals surface area contributed by atoms with E-state index in [2.05, 4.69) is 5.32 Å². The number of carboxylic acid groups (broad SMARTS) is 1. The molecule has 0 aromatic rings. The summed E-state index contributed by atoms with van der Waals surface area (Å²) in [6.45, 7) is 0.360. The second-order valence-corrected chi connectivity index (χ2v) is 4.20. The summed E-state index contributed by atoms with van der Waals surface area (Å²) in [6.07, 6.45) is -1.83. The summed E-state index contributed by atoms with van der Waals surface area (Å²) in [5.41, 5.74) is 0. The van der Waals surface area contributed by atoms with Crippen LogP contribution >= 0.6 is 0 Å². The second-order valence-electron chi connectivity index (χ2n) is 4.20. The lowest BCUT2D eigenvalue weighted by Crippen LogP contribution is -2.46. The van der Waals surface area contributed by atoms with Crippen LogP contribution < -0.4 is 5.32 Å². The molecule has 0 fully saturated rings. The maximum absolute atomic E-state index is 12.2. The molecule has 6 nitrogen and oxygen atoms in total. The number of halogens is 2. The van der Waals surface area contributed by atoms with Gasteiger partial charge in [-0.1, -0.05) is 0 Å². The molecule has 112 valence electrons. The summed E-state index contributed by atoms with van der Waals surface area (Å²) < 4.78 is 24.5. The second kappa shape index (κ2) is 9.48. The molecule has 3 N–H and O–H groups in total. The molecule has 0 saturated heterocycles. The summed E-state index contributed by atoms with van der Waals surface area (Å²) in [4.78, 5) is 22.8. The number of aliphatic hydroxyl groups excluding tert-OH is 1. The molecule has 8 heteroatoms. The van der Waals surface area contributed by atoms with Crippen LogP contribution in [0.1, 0.15) is 26.2 Å². The minimum atomic E-state index is -2.67. The van der Waals surface area contributed by atoms with Gasteiger partial charge in [-0.05, 0) is 19.8 Å². The Kier molecular flexibility index (Phi) is 8.77. The molecule has 0 rings (SSSR count). The number of amides is 2. The molecule has 0 aliphatic rings. The normalized spacial score (nSPS) is 12.3. The van der Waals surface area contributed by atoms with E-state index in [0.717, 1.165) is 4.90 Å². The number of carbonyl (C=O) groups excluding carboxylic acids is 1. The van der Waals surface area contributed by atoms with Gasteiger partial charge in [0.05, 0.1) is 13.2 Å². The van der Waals surface area contributed by atoms with Crippen molar-refractivity contribution >= 4 is 12.0 Å². The molecule has 2 amide bonds. The molecule has 1 unspecified atom stereocenters. The number of aliphatic hydroxyl groups is 1. The Balaban J connectivity index is 4.11. The van der Waals surface area contributed by atoms with Gasteiger partial charge >= 0.3 is 12.0 Å². The largest absolute Gasteiger partial charge is 0.481 e. The number of hydrogen-bond donors (Lipinski definition) is 3. The van der Waals surface area contributed by atoms with Gasteiger partial charge in [0.25, 0.3) is 6.43 Å². The van der Waals surface area contributed by atoms with Crippen molar-refractivity contribution in [3.8, 4) is 0 Å². The molecule has 0 spiro atoms. The number of rotatable bonds is 9. The number of alkyl halides is 2. The van der Waals surface area contributed by atoms with Crippen molar-refractivity contribution in [1.29, 1.82) is 0 Å². The molecule has 0 aromatic carbocycles. The van der Waals surface area contributed by atoms with Crippen LogP contribution in [0.2, 0.25) is 0 Å². The van der Waals surface area contributed by atoms with E-state index >= 15 is 0 Å². The van der Waals surface area contributed by atoms with Crippen LogP contribution in [0.3, 0.4) is 0 Å². The number of urea groups is 1. The van der Waals surface area contributed by atoms with E-state index < -0.39 is 31.6 Å². The van der Waals surface area contributed by atoms with E-state index in [1.165, 1.54) is 0 Å². The zero-order chi connectivity index (χ0) is 14.8. The summed E-state index contributed by atoms with van der Waals surface area (Å²) in [6, 6.07) is -0.997. The standard InChI is InChI=1S/C11H20F2N2O4/c1-8(3-2-4-10(17)18)14-11(19)15(5-6-16)7-9(12)13/h8-9,16H,2-7H2,1H3,(H,14,19)(H,17,18). The first-order valence-corrected chi connectivity index (χ1v) is 6.03. The Morgan fingerprint density at radius 3 is 2.47 bits per heavy atom. The van der Waals surface area contributed by atoms with Gasteiger partial charge in [-0.25, -0.2) is 13.6 Å². The van der Waals surface area contributed by atoms with E-state index in [9.17, 15) is 18.4 Å². The highest BCUT2D eigenvalue weighted by atomic mass is 19.3. The number of carbonyl (C=O) groups is 2. The van der Waals surface area contributed by atoms with Crippen molar-refractivity contribution in [3.63, 3.8) is 0 Å². The highest BCUT2D eigenvalue weighted by Gasteiger charge is 2.19. The van der Waals surface area contributed by atoms with Gasteiger partial charge in [0, 0.05) is 19.0 Å². The predicted octanol–water partition coefficient (Wildman–Crippen LogP) is 0.899. The molecule has 0 saturated carbocycles. The van der Waals surface area contributed by atoms with Crippen molar-refractivity contribution in [3.05, 3.63) is 0 Å². The lowest BCUT2D eigenvalue weighted by atomic mass is 10.1. The molecular formula is C11H20F2N2O4. The van der Waals surface area contributed by atoms with Crippen LogP contribution in [0.25, 0.3) is 0 Å². The summed E-state index contributed by atoms with van der Waals surface area (Å²) >= 11 is 0. The van der Waals surface area contributed by atoms with Crippen molar-refractivity contribution in [2.24, 2.45) is 0 Å². The first-order chi connectivity index (χ1) is 8.86. The average molecular weight is 282 g/mol. The third-order valence-electron chi connectivity index (χ3n) is 2.41. The molecule has 0 aromatic heterocycles. The highest BCUT2D eigenvalue weighted by Crippen LogP contribution is 2.03. The van der Waals surface area contributed by atoms with Crippen LogP contribution in [-0.4, -0.2) is 59.3 Å². The first-order valence-electron chi connectivity index (χ1n) is 6.03. The molecule has 1 atom stereocenters. The van der Waals surface area contributed by atoms with E-state index in [1.54, 1.807) is 6.92 Å². The van der Waals surface area contributed by atoms with E-state index in [0.29, 0.717) is 12.8 Å². The molecule has 0 bridgehead atoms. The maximum Gasteiger partial charge on any atom is 0.317 e. The molecule has 0 radical (unpaired) electrons. The third kappa shape index (κ3) is 9.18. The van der Waals surface area contributed by atoms with Crippen LogP contribution in [0.15, 0.2) is 0 Å². The highest BCUT2D eigenvalue weighted by molar-refractivity contribution is 5.74. The number of aliphatic carboxylic acids is 1. The fourth-order valence-corrected chi connectivity index (χ4v) is 1.50. The van der Waals surface area contributed by atoms with E-state index in [-0.39, 0.29) is 19.0 Å². The Morgan fingerprint density at radius 2 is 2.00 bits per heavy atom. The smallest absolute Gasteiger partial charge is 0.317 e. The number of nitrogens with one attached hydrogen (secondary N) is 1. The summed E-state index contributed by atoms with van der Waals surface area (Å²) in [7, 11) is 0. The van der Waals surface area contributed by atoms with Crippen LogP contribution in [0.5, 0.6) is 0 Å². The lowest BCUT2D eigenvalue weighted by molar-refractivity contribution is -0.137. The number of carboxylic acids is 1. The van der Waals surface area contributed by atoms with Gasteiger partial charge in [0.15, 0.2) is 0 Å². The topological polar surface area (TPSA) is 89.9 Å². The van der Waals surface area contributed by atoms with Gasteiger partial charge < -0.3 is 20.4 Å². The fourth-order valence-electron chi connectivity index (χ4n) is 1.50. The Bertz CT molecular complexity index is 290. The van der Waals surface area contributed by atoms with E-state index in [4.69, 9.17) is 10.2 Å². The van der Waals surface area contributed by atoms with E-state index in [1.807, 2.05) is 0 Å². The first kappa shape index (κ1) is 17.6. The van der Waals surface area contributed by atoms with Crippen molar-refractivity contribution in [2.75, 3.05) is 19.7 Å². The SMILES string of the molecule is CC(CCCC(=O)O)NC(=O)N(CCO)CC(F)F. The van der Waals surface area contributed by atoms with Gasteiger partial charge in [0.2, 0.25) is 0 Å². The predicted molar refractivity (Wildman–Crippen MR) is 64.1 cm³/mol. The Hall–Kier alpha value is -1.44. The number of nitrogens with zero attached hydrogens (tertiary/aromatic N) is 1. The van der Waals surface area contributed by atoms with Crippen molar-refractivity contribution < 1.29 is 28.6 Å². The van der Waals surface area contributed by atoms with Crippen LogP contribution in [0.4, 0.5) is 13.6 Å². The zero-order valence-electron chi connectivity index (χ0n) is 10.8. The Labute approximate surface area is 110 Å². The average Bonchev–Trinajstić information content (AvgIpc) is 2.27. The van der Waals surface area contributed by atoms with Crippen LogP contribution in [-0.2, 0) is 4.79 Å². The quantitative estimate of drug-likeness (QED) is 0.586. The van der Waals surface area contributed by atoms with Crippen LogP contribution in [0, 0.1) is 0 Å². The monoisotopic (exact) mass is 282 g/mol. The summed E-state index contributed by atoms with van der Waals surface area (Å²) in [5.74, 6) is -0.918. The lowest BCUT2D eigenvalue weighted by Gasteiger charge is -2.24. The molecule has 19 heavy (non-hydrogen) atoms. The third-order valence-corrected chi connectivity index (χ3v) is 2.41. The molecule has 0 aliphatic carbocycles. The van der Waals surface area contributed by atoms with Crippen molar-refractivity contribution in [2.45, 2.75) is 38.7 Å². The zero-order valence-corrected chi connectivity index (χ0v) is 10.8. The van der Waals surface area contributed by atoms with Gasteiger partial charge in [-0.2, -0.15) is 0 Å². The van der Waals surface area contributed by atoms with Gasteiger partial charge in [-0.15, -0.1) is 0 Å². The molecular weight excluding hydrogens is 262 g/mol. The van der Waals surface area contributed by atoms with Gasteiger partial charge in [-0.3, -0.25) is 4.79 Å². The minimum absolute atomic E-state index is 0.00238. The Morgan fingerprint density at radius 1 is 1.37 bits per heavy atom. The summed E-state index contributed by atoms with van der Waals surface area (Å²) in [5, 5.41) is 19.7. The van der Waals surface area contributed by atoms with Crippen molar-refractivity contribution in [1.82, 2.24) is 10.2 Å². The molecule has 0 heterocycles. The fraction of sp³-hybridized carbons (Fsp3) is 0.818. The number of hydrogen-bond acceptors (Lipinski definition) is 3.